The molecule has 0 bridgehead atoms. The van der Waals surface area contributed by atoms with Crippen LogP contribution in [0.4, 0.5) is 0 Å². The van der Waals surface area contributed by atoms with Crippen molar-refractivity contribution in [3.05, 3.63) is 35.4 Å². The maximum atomic E-state index is 12.1. The van der Waals surface area contributed by atoms with Crippen molar-refractivity contribution in [3.63, 3.8) is 0 Å². The summed E-state index contributed by atoms with van der Waals surface area (Å²) in [5.41, 5.74) is 1.94. The Balaban J connectivity index is 1.74. The average molecular weight is 373 g/mol. The van der Waals surface area contributed by atoms with Crippen LogP contribution in [0.3, 0.4) is 0 Å². The molecular weight excluding hydrogens is 336 g/mol. The third-order valence-corrected chi connectivity index (χ3v) is 5.88. The van der Waals surface area contributed by atoms with Crippen LogP contribution < -0.4 is 0 Å². The molecule has 150 valence electrons. The third-order valence-electron chi connectivity index (χ3n) is 5.88. The first-order valence-corrected chi connectivity index (χ1v) is 10.9. The number of Topliss-reactive ketones (excluding diaryl/α,β-unsaturated/α-hetero) is 1. The SMILES string of the molecule is CCCCCCCC1CCC(c2ccc(C(=O)CC(=O)OCC)cc2)CC1. The van der Waals surface area contributed by atoms with Gasteiger partial charge in [0.2, 0.25) is 0 Å². The molecule has 1 fully saturated rings. The summed E-state index contributed by atoms with van der Waals surface area (Å²) >= 11 is 0. The van der Waals surface area contributed by atoms with Crippen LogP contribution in [-0.4, -0.2) is 18.4 Å². The Morgan fingerprint density at radius 3 is 2.22 bits per heavy atom. The van der Waals surface area contributed by atoms with Crippen LogP contribution in [0.15, 0.2) is 24.3 Å². The number of carbonyl (C=O) groups excluding carboxylic acids is 2. The number of hydrogen-bond acceptors (Lipinski definition) is 3. The Hall–Kier alpha value is -1.64. The molecule has 0 radical (unpaired) electrons. The van der Waals surface area contributed by atoms with Crippen molar-refractivity contribution in [3.8, 4) is 0 Å². The van der Waals surface area contributed by atoms with Gasteiger partial charge in [0.05, 0.1) is 6.61 Å². The topological polar surface area (TPSA) is 43.4 Å². The van der Waals surface area contributed by atoms with Gasteiger partial charge in [-0.15, -0.1) is 0 Å². The molecule has 0 saturated heterocycles. The lowest BCUT2D eigenvalue weighted by atomic mass is 9.77. The number of unbranched alkanes of at least 4 members (excludes halogenated alkanes) is 4. The molecular formula is C24H36O3. The standard InChI is InChI=1S/C24H36O3/c1-3-5-6-7-8-9-19-10-12-20(13-11-19)21-14-16-22(17-15-21)23(25)18-24(26)27-4-2/h14-17,19-20H,3-13,18H2,1-2H3. The van der Waals surface area contributed by atoms with Gasteiger partial charge in [-0.2, -0.15) is 0 Å². The second-order valence-electron chi connectivity index (χ2n) is 7.95. The summed E-state index contributed by atoms with van der Waals surface area (Å²) < 4.78 is 4.85. The van der Waals surface area contributed by atoms with Gasteiger partial charge in [0.15, 0.2) is 5.78 Å². The molecule has 1 aliphatic carbocycles. The van der Waals surface area contributed by atoms with Gasteiger partial charge in [0, 0.05) is 5.56 Å². The molecule has 2 rings (SSSR count). The van der Waals surface area contributed by atoms with E-state index in [9.17, 15) is 9.59 Å². The van der Waals surface area contributed by atoms with Crippen molar-refractivity contribution in [1.82, 2.24) is 0 Å². The highest BCUT2D eigenvalue weighted by molar-refractivity contribution is 6.05. The normalized spacial score (nSPS) is 19.6. The fourth-order valence-corrected chi connectivity index (χ4v) is 4.21. The van der Waals surface area contributed by atoms with Gasteiger partial charge in [-0.05, 0) is 50.0 Å². The Kier molecular flexibility index (Phi) is 9.58. The number of carbonyl (C=O) groups is 2. The fraction of sp³-hybridized carbons (Fsp3) is 0.667. The van der Waals surface area contributed by atoms with E-state index in [1.807, 2.05) is 12.1 Å². The Labute approximate surface area is 164 Å². The van der Waals surface area contributed by atoms with Gasteiger partial charge in [-0.1, -0.05) is 69.7 Å². The average Bonchev–Trinajstić information content (AvgIpc) is 2.68. The minimum atomic E-state index is -0.445. The maximum Gasteiger partial charge on any atom is 0.313 e. The van der Waals surface area contributed by atoms with Crippen LogP contribution in [0.2, 0.25) is 0 Å². The predicted molar refractivity (Wildman–Crippen MR) is 110 cm³/mol. The van der Waals surface area contributed by atoms with Gasteiger partial charge < -0.3 is 4.74 Å². The smallest absolute Gasteiger partial charge is 0.313 e. The van der Waals surface area contributed by atoms with E-state index in [-0.39, 0.29) is 12.2 Å². The number of rotatable bonds is 11. The van der Waals surface area contributed by atoms with E-state index in [4.69, 9.17) is 4.74 Å². The van der Waals surface area contributed by atoms with E-state index in [1.54, 1.807) is 6.92 Å². The summed E-state index contributed by atoms with van der Waals surface area (Å²) in [5.74, 6) is 0.926. The Morgan fingerprint density at radius 1 is 0.926 bits per heavy atom. The zero-order chi connectivity index (χ0) is 19.5. The third kappa shape index (κ3) is 7.48. The van der Waals surface area contributed by atoms with Crippen molar-refractivity contribution >= 4 is 11.8 Å². The molecule has 1 saturated carbocycles. The van der Waals surface area contributed by atoms with Crippen molar-refractivity contribution < 1.29 is 14.3 Å². The highest BCUT2D eigenvalue weighted by Gasteiger charge is 2.22. The second-order valence-corrected chi connectivity index (χ2v) is 7.95. The Bertz CT molecular complexity index is 568. The summed E-state index contributed by atoms with van der Waals surface area (Å²) in [5, 5.41) is 0. The lowest BCUT2D eigenvalue weighted by Crippen LogP contribution is -2.14. The van der Waals surface area contributed by atoms with Crippen LogP contribution in [-0.2, 0) is 9.53 Å². The van der Waals surface area contributed by atoms with Gasteiger partial charge in [-0.3, -0.25) is 9.59 Å². The maximum absolute atomic E-state index is 12.1. The van der Waals surface area contributed by atoms with Gasteiger partial charge in [0.25, 0.3) is 0 Å². The van der Waals surface area contributed by atoms with E-state index < -0.39 is 5.97 Å². The van der Waals surface area contributed by atoms with E-state index in [2.05, 4.69) is 19.1 Å². The number of benzene rings is 1. The Morgan fingerprint density at radius 2 is 1.59 bits per heavy atom. The summed E-state index contributed by atoms with van der Waals surface area (Å²) in [6.07, 6.45) is 13.3. The molecule has 1 aromatic rings. The van der Waals surface area contributed by atoms with Crippen LogP contribution in [0.1, 0.15) is 106 Å². The highest BCUT2D eigenvalue weighted by Crippen LogP contribution is 2.37. The van der Waals surface area contributed by atoms with Crippen molar-refractivity contribution in [2.24, 2.45) is 5.92 Å². The van der Waals surface area contributed by atoms with Crippen LogP contribution in [0, 0.1) is 5.92 Å². The van der Waals surface area contributed by atoms with E-state index >= 15 is 0 Å². The van der Waals surface area contributed by atoms with E-state index in [0.29, 0.717) is 18.1 Å². The highest BCUT2D eigenvalue weighted by atomic mass is 16.5. The summed E-state index contributed by atoms with van der Waals surface area (Å²) in [7, 11) is 0. The second kappa shape index (κ2) is 11.9. The van der Waals surface area contributed by atoms with Crippen molar-refractivity contribution in [2.75, 3.05) is 6.61 Å². The zero-order valence-corrected chi connectivity index (χ0v) is 17.2. The molecule has 0 atom stereocenters. The first-order chi connectivity index (χ1) is 13.1. The number of ether oxygens (including phenoxy) is 1. The number of ketones is 1. The van der Waals surface area contributed by atoms with Gasteiger partial charge in [0.1, 0.15) is 6.42 Å². The number of esters is 1. The van der Waals surface area contributed by atoms with E-state index in [1.165, 1.54) is 69.8 Å². The summed E-state index contributed by atoms with van der Waals surface area (Å²) in [6, 6.07) is 7.90. The first kappa shape index (κ1) is 21.7. The van der Waals surface area contributed by atoms with Crippen LogP contribution >= 0.6 is 0 Å². The first-order valence-electron chi connectivity index (χ1n) is 10.9. The van der Waals surface area contributed by atoms with Crippen molar-refractivity contribution in [2.45, 2.75) is 90.4 Å². The van der Waals surface area contributed by atoms with E-state index in [0.717, 1.165) is 5.92 Å². The minimum absolute atomic E-state index is 0.160. The largest absolute Gasteiger partial charge is 0.466 e. The molecule has 3 nitrogen and oxygen atoms in total. The van der Waals surface area contributed by atoms with Gasteiger partial charge >= 0.3 is 5.97 Å². The lowest BCUT2D eigenvalue weighted by Gasteiger charge is -2.29. The molecule has 0 amide bonds. The molecule has 0 unspecified atom stereocenters. The monoisotopic (exact) mass is 372 g/mol. The molecule has 0 spiro atoms. The molecule has 3 heteroatoms. The number of hydrogen-bond donors (Lipinski definition) is 0. The van der Waals surface area contributed by atoms with Crippen molar-refractivity contribution in [1.29, 1.82) is 0 Å². The molecule has 0 aliphatic heterocycles. The summed E-state index contributed by atoms with van der Waals surface area (Å²) in [4.78, 5) is 23.6. The molecule has 1 aliphatic rings. The zero-order valence-electron chi connectivity index (χ0n) is 17.2. The molecule has 27 heavy (non-hydrogen) atoms. The molecule has 0 aromatic heterocycles. The van der Waals surface area contributed by atoms with Crippen LogP contribution in [0.25, 0.3) is 0 Å². The summed E-state index contributed by atoms with van der Waals surface area (Å²) in [6.45, 7) is 4.33. The molecule has 0 N–H and O–H groups in total. The quantitative estimate of drug-likeness (QED) is 0.194. The van der Waals surface area contributed by atoms with Crippen LogP contribution in [0.5, 0.6) is 0 Å². The predicted octanol–water partition coefficient (Wildman–Crippen LogP) is 6.46. The lowest BCUT2D eigenvalue weighted by molar-refractivity contribution is -0.141. The minimum Gasteiger partial charge on any atom is -0.466 e. The fourth-order valence-electron chi connectivity index (χ4n) is 4.21. The van der Waals surface area contributed by atoms with Gasteiger partial charge in [-0.25, -0.2) is 0 Å². The molecule has 1 aromatic carbocycles. The molecule has 0 heterocycles.